The van der Waals surface area contributed by atoms with Crippen molar-refractivity contribution in [2.45, 2.75) is 12.7 Å². The molecule has 2 unspecified atom stereocenters. The fraction of sp³-hybridized carbons (Fsp3) is 0.400. The van der Waals surface area contributed by atoms with E-state index >= 15 is 0 Å². The predicted molar refractivity (Wildman–Crippen MR) is 28.3 cm³/mol. The van der Waals surface area contributed by atoms with Crippen molar-refractivity contribution in [2.75, 3.05) is 0 Å². The van der Waals surface area contributed by atoms with Crippen LogP contribution < -0.4 is 0 Å². The van der Waals surface area contributed by atoms with E-state index in [-0.39, 0.29) is 0 Å². The summed E-state index contributed by atoms with van der Waals surface area (Å²) in [7, 11) is 0. The lowest BCUT2D eigenvalue weighted by atomic mass is 10.6. The van der Waals surface area contributed by atoms with E-state index < -0.39 is 18.7 Å². The van der Waals surface area contributed by atoms with Crippen LogP contribution in [0.2, 0.25) is 0 Å². The van der Waals surface area contributed by atoms with Gasteiger partial charge in [-0.1, -0.05) is 6.58 Å². The molecule has 0 heterocycles. The largest absolute Gasteiger partial charge is 0.422 e. The van der Waals surface area contributed by atoms with Gasteiger partial charge in [0.15, 0.2) is 0 Å². The van der Waals surface area contributed by atoms with Crippen LogP contribution in [0.15, 0.2) is 12.7 Å². The highest BCUT2D eigenvalue weighted by molar-refractivity contribution is 5.81. The van der Waals surface area contributed by atoms with Crippen LogP contribution in [0.1, 0.15) is 0 Å². The second-order valence-electron chi connectivity index (χ2n) is 1.36. The van der Waals surface area contributed by atoms with Crippen molar-refractivity contribution in [3.8, 4) is 0 Å². The minimum absolute atomic E-state index is 0.662. The lowest BCUT2D eigenvalue weighted by Gasteiger charge is -2.06. The molecule has 0 amide bonds. The normalized spacial score (nSPS) is 15.5. The van der Waals surface area contributed by atoms with Gasteiger partial charge in [0, 0.05) is 6.08 Å². The van der Waals surface area contributed by atoms with Crippen LogP contribution in [0, 0.1) is 0 Å². The molecule has 0 aromatic carbocycles. The molecule has 58 valence electrons. The summed E-state index contributed by atoms with van der Waals surface area (Å²) in [5, 5.41) is 7.81. The Hall–Kier alpha value is -0.970. The summed E-state index contributed by atoms with van der Waals surface area (Å²) >= 11 is 0. The minimum atomic E-state index is -2.80. The van der Waals surface area contributed by atoms with Crippen LogP contribution in [0.25, 0.3) is 0 Å². The number of aliphatic hydroxyl groups excluding tert-OH is 1. The average molecular weight is 152 g/mol. The van der Waals surface area contributed by atoms with Gasteiger partial charge in [-0.15, -0.1) is 0 Å². The Bertz CT molecular complexity index is 135. The van der Waals surface area contributed by atoms with E-state index in [2.05, 4.69) is 11.3 Å². The quantitative estimate of drug-likeness (QED) is 0.467. The van der Waals surface area contributed by atoms with Gasteiger partial charge in [0.1, 0.15) is 0 Å². The number of aliphatic hydroxyl groups is 1. The summed E-state index contributed by atoms with van der Waals surface area (Å²) in [4.78, 5) is 10.1. The molecule has 1 N–H and O–H groups in total. The molecular weight excluding hydrogens is 146 g/mol. The topological polar surface area (TPSA) is 46.5 Å². The van der Waals surface area contributed by atoms with Crippen LogP contribution in [0.5, 0.6) is 0 Å². The first-order valence-electron chi connectivity index (χ1n) is 2.37. The van der Waals surface area contributed by atoms with Crippen molar-refractivity contribution in [3.05, 3.63) is 12.7 Å². The van der Waals surface area contributed by atoms with Gasteiger partial charge in [0.25, 0.3) is 12.7 Å². The Balaban J connectivity index is 3.67. The summed E-state index contributed by atoms with van der Waals surface area (Å²) in [6, 6.07) is 0. The number of hydrogen-bond donors (Lipinski definition) is 1. The van der Waals surface area contributed by atoms with Crippen molar-refractivity contribution in [3.63, 3.8) is 0 Å². The number of hydrogen-bond acceptors (Lipinski definition) is 3. The molecule has 3 nitrogen and oxygen atoms in total. The van der Waals surface area contributed by atoms with Crippen molar-refractivity contribution in [1.29, 1.82) is 0 Å². The summed E-state index contributed by atoms with van der Waals surface area (Å²) in [6.45, 7) is 2.93. The Morgan fingerprint density at radius 2 is 2.20 bits per heavy atom. The summed E-state index contributed by atoms with van der Waals surface area (Å²) < 4.78 is 26.9. The maximum absolute atomic E-state index is 11.8. The Morgan fingerprint density at radius 1 is 1.70 bits per heavy atom. The molecule has 0 aliphatic carbocycles. The predicted octanol–water partition coefficient (Wildman–Crippen LogP) is 0.299. The molecule has 0 fully saturated rings. The number of ether oxygens (including phenoxy) is 1. The highest BCUT2D eigenvalue weighted by Crippen LogP contribution is 2.02. The SMILES string of the molecule is C=CC(=O)OC(F)C(O)F. The molecule has 0 aliphatic rings. The van der Waals surface area contributed by atoms with Gasteiger partial charge in [-0.25, -0.2) is 9.18 Å². The smallest absolute Gasteiger partial charge is 0.332 e. The number of halogens is 2. The van der Waals surface area contributed by atoms with Gasteiger partial charge in [-0.3, -0.25) is 0 Å². The second-order valence-corrected chi connectivity index (χ2v) is 1.36. The zero-order chi connectivity index (χ0) is 8.15. The average Bonchev–Trinajstić information content (AvgIpc) is 1.87. The minimum Gasteiger partial charge on any atom is -0.422 e. The number of carbonyl (C=O) groups is 1. The van der Waals surface area contributed by atoms with E-state index in [0.29, 0.717) is 6.08 Å². The summed E-state index contributed by atoms with van der Waals surface area (Å²) in [6.07, 6.45) is -4.77. The van der Waals surface area contributed by atoms with Crippen LogP contribution in [-0.4, -0.2) is 23.8 Å². The van der Waals surface area contributed by atoms with Crippen molar-refractivity contribution < 1.29 is 23.4 Å². The van der Waals surface area contributed by atoms with Crippen molar-refractivity contribution in [1.82, 2.24) is 0 Å². The van der Waals surface area contributed by atoms with E-state index in [9.17, 15) is 13.6 Å². The third kappa shape index (κ3) is 3.13. The van der Waals surface area contributed by atoms with E-state index in [0.717, 1.165) is 0 Å². The number of rotatable bonds is 3. The maximum Gasteiger partial charge on any atom is 0.332 e. The molecule has 0 saturated heterocycles. The first-order chi connectivity index (χ1) is 4.57. The summed E-state index contributed by atoms with van der Waals surface area (Å²) in [5.74, 6) is -1.12. The second kappa shape index (κ2) is 3.94. The molecule has 5 heteroatoms. The van der Waals surface area contributed by atoms with Gasteiger partial charge >= 0.3 is 5.97 Å². The number of carbonyl (C=O) groups excluding carboxylic acids is 1. The first-order valence-corrected chi connectivity index (χ1v) is 2.37. The van der Waals surface area contributed by atoms with Gasteiger partial charge in [-0.05, 0) is 0 Å². The molecule has 0 spiro atoms. The maximum atomic E-state index is 11.8. The highest BCUT2D eigenvalue weighted by Gasteiger charge is 2.19. The van der Waals surface area contributed by atoms with Crippen molar-refractivity contribution >= 4 is 5.97 Å². The van der Waals surface area contributed by atoms with Gasteiger partial charge in [0.05, 0.1) is 0 Å². The lowest BCUT2D eigenvalue weighted by molar-refractivity contribution is -0.180. The molecule has 0 rings (SSSR count). The first kappa shape index (κ1) is 9.03. The molecule has 0 aliphatic heterocycles. The van der Waals surface area contributed by atoms with E-state index in [4.69, 9.17) is 5.11 Å². The van der Waals surface area contributed by atoms with Crippen LogP contribution in [0.3, 0.4) is 0 Å². The Kier molecular flexibility index (Phi) is 3.56. The zero-order valence-electron chi connectivity index (χ0n) is 4.96. The fourth-order valence-electron chi connectivity index (χ4n) is 0.215. The number of alkyl halides is 2. The Labute approximate surface area is 55.9 Å². The van der Waals surface area contributed by atoms with Crippen LogP contribution in [-0.2, 0) is 9.53 Å². The molecule has 2 atom stereocenters. The summed E-state index contributed by atoms with van der Waals surface area (Å²) in [5.41, 5.74) is 0. The third-order valence-electron chi connectivity index (χ3n) is 0.612. The van der Waals surface area contributed by atoms with E-state index in [1.54, 1.807) is 0 Å². The van der Waals surface area contributed by atoms with E-state index in [1.807, 2.05) is 0 Å². The number of esters is 1. The molecule has 10 heavy (non-hydrogen) atoms. The molecular formula is C5H6F2O3. The van der Waals surface area contributed by atoms with Gasteiger partial charge < -0.3 is 9.84 Å². The fourth-order valence-corrected chi connectivity index (χ4v) is 0.215. The molecule has 0 bridgehead atoms. The van der Waals surface area contributed by atoms with Crippen molar-refractivity contribution in [2.24, 2.45) is 0 Å². The third-order valence-corrected chi connectivity index (χ3v) is 0.612. The molecule has 0 radical (unpaired) electrons. The molecule has 0 aromatic heterocycles. The van der Waals surface area contributed by atoms with Crippen LogP contribution >= 0.6 is 0 Å². The molecule has 0 aromatic rings. The zero-order valence-corrected chi connectivity index (χ0v) is 4.96. The van der Waals surface area contributed by atoms with Crippen LogP contribution in [0.4, 0.5) is 8.78 Å². The Morgan fingerprint density at radius 3 is 2.50 bits per heavy atom. The van der Waals surface area contributed by atoms with Gasteiger partial charge in [0.2, 0.25) is 0 Å². The standard InChI is InChI=1S/C5H6F2O3/c1-2-3(8)10-5(7)4(6)9/h2,4-5,9H,1H2. The highest BCUT2D eigenvalue weighted by atomic mass is 19.2. The lowest BCUT2D eigenvalue weighted by Crippen LogP contribution is -2.22. The van der Waals surface area contributed by atoms with Gasteiger partial charge in [-0.2, -0.15) is 4.39 Å². The monoisotopic (exact) mass is 152 g/mol. The van der Waals surface area contributed by atoms with E-state index in [1.165, 1.54) is 0 Å². The molecule has 0 saturated carbocycles.